The molecule has 1 aliphatic carbocycles. The molecule has 1 saturated heterocycles. The van der Waals surface area contributed by atoms with Gasteiger partial charge in [0.25, 0.3) is 0 Å². The third-order valence-corrected chi connectivity index (χ3v) is 5.41. The molecular formula is C16H21BrClFN2O. The molecule has 1 atom stereocenters. The average molecular weight is 392 g/mol. The summed E-state index contributed by atoms with van der Waals surface area (Å²) in [4.78, 5) is 12.2. The van der Waals surface area contributed by atoms with Crippen LogP contribution in [0.2, 0.25) is 0 Å². The van der Waals surface area contributed by atoms with Crippen LogP contribution in [0, 0.1) is 17.2 Å². The van der Waals surface area contributed by atoms with E-state index in [0.717, 1.165) is 44.3 Å². The zero-order chi connectivity index (χ0) is 14.9. The van der Waals surface area contributed by atoms with E-state index in [9.17, 15) is 9.18 Å². The lowest BCUT2D eigenvalue weighted by atomic mass is 9.92. The molecule has 1 amide bonds. The van der Waals surface area contributed by atoms with Crippen LogP contribution in [0.5, 0.6) is 0 Å². The monoisotopic (exact) mass is 390 g/mol. The van der Waals surface area contributed by atoms with Crippen LogP contribution in [-0.4, -0.2) is 25.5 Å². The first kappa shape index (κ1) is 17.7. The highest BCUT2D eigenvalue weighted by molar-refractivity contribution is 9.10. The molecule has 3 nitrogen and oxygen atoms in total. The fourth-order valence-electron chi connectivity index (χ4n) is 3.34. The normalized spacial score (nSPS) is 22.0. The number of nitrogens with one attached hydrogen (secondary N) is 2. The van der Waals surface area contributed by atoms with E-state index in [-0.39, 0.29) is 35.5 Å². The zero-order valence-corrected chi connectivity index (χ0v) is 14.7. The van der Waals surface area contributed by atoms with E-state index in [0.29, 0.717) is 11.0 Å². The van der Waals surface area contributed by atoms with Gasteiger partial charge >= 0.3 is 0 Å². The van der Waals surface area contributed by atoms with E-state index in [2.05, 4.69) is 26.6 Å². The highest BCUT2D eigenvalue weighted by Crippen LogP contribution is 2.58. The van der Waals surface area contributed by atoms with Crippen molar-refractivity contribution in [1.29, 1.82) is 0 Å². The Morgan fingerprint density at radius 2 is 2.14 bits per heavy atom. The molecule has 22 heavy (non-hydrogen) atoms. The number of carbonyl (C=O) groups is 1. The van der Waals surface area contributed by atoms with Crippen molar-refractivity contribution in [3.8, 4) is 0 Å². The van der Waals surface area contributed by atoms with Crippen molar-refractivity contribution in [2.45, 2.75) is 25.7 Å². The summed E-state index contributed by atoms with van der Waals surface area (Å²) in [5.74, 6) is 0.145. The van der Waals surface area contributed by atoms with Gasteiger partial charge in [0.1, 0.15) is 5.82 Å². The molecule has 6 heteroatoms. The number of hydrogen-bond acceptors (Lipinski definition) is 2. The molecule has 1 aromatic carbocycles. The van der Waals surface area contributed by atoms with Crippen molar-refractivity contribution < 1.29 is 9.18 Å². The van der Waals surface area contributed by atoms with Gasteiger partial charge in [-0.1, -0.05) is 6.07 Å². The molecule has 0 bridgehead atoms. The highest BCUT2D eigenvalue weighted by Gasteiger charge is 2.57. The highest BCUT2D eigenvalue weighted by atomic mass is 79.9. The molecule has 0 radical (unpaired) electrons. The van der Waals surface area contributed by atoms with Crippen LogP contribution in [0.25, 0.3) is 0 Å². The fraction of sp³-hybridized carbons (Fsp3) is 0.562. The summed E-state index contributed by atoms with van der Waals surface area (Å²) in [6.45, 7) is 2.68. The van der Waals surface area contributed by atoms with Gasteiger partial charge in [-0.05, 0) is 77.8 Å². The molecule has 2 aliphatic rings. The Labute approximate surface area is 145 Å². The molecule has 0 aromatic heterocycles. The fourth-order valence-corrected chi connectivity index (χ4v) is 3.77. The van der Waals surface area contributed by atoms with Crippen LogP contribution in [0.3, 0.4) is 0 Å². The summed E-state index contributed by atoms with van der Waals surface area (Å²) < 4.78 is 13.6. The quantitative estimate of drug-likeness (QED) is 0.828. The van der Waals surface area contributed by atoms with E-state index in [1.165, 1.54) is 6.07 Å². The Morgan fingerprint density at radius 3 is 2.82 bits per heavy atom. The van der Waals surface area contributed by atoms with Crippen molar-refractivity contribution in [2.75, 3.05) is 19.6 Å². The number of hydrogen-bond donors (Lipinski definition) is 2. The molecule has 1 aliphatic heterocycles. The van der Waals surface area contributed by atoms with Crippen molar-refractivity contribution in [3.05, 3.63) is 34.1 Å². The van der Waals surface area contributed by atoms with E-state index < -0.39 is 0 Å². The number of benzene rings is 1. The number of amides is 1. The number of halogens is 3. The maximum absolute atomic E-state index is 13.1. The predicted molar refractivity (Wildman–Crippen MR) is 90.7 cm³/mol. The molecule has 3 rings (SSSR count). The third kappa shape index (κ3) is 3.81. The molecule has 2 N–H and O–H groups in total. The van der Waals surface area contributed by atoms with Gasteiger partial charge in [-0.15, -0.1) is 12.4 Å². The van der Waals surface area contributed by atoms with Gasteiger partial charge in [0, 0.05) is 12.5 Å². The summed E-state index contributed by atoms with van der Waals surface area (Å²) in [7, 11) is 0. The van der Waals surface area contributed by atoms with E-state index >= 15 is 0 Å². The minimum atomic E-state index is -0.256. The smallest absolute Gasteiger partial charge is 0.223 e. The molecule has 1 aromatic rings. The first-order valence-electron chi connectivity index (χ1n) is 7.53. The van der Waals surface area contributed by atoms with Gasteiger partial charge in [-0.3, -0.25) is 4.79 Å². The Kier molecular flexibility index (Phi) is 5.86. The van der Waals surface area contributed by atoms with Gasteiger partial charge < -0.3 is 10.6 Å². The second-order valence-corrected chi connectivity index (χ2v) is 7.01. The second kappa shape index (κ2) is 7.28. The first-order chi connectivity index (χ1) is 10.1. The molecular weight excluding hydrogens is 371 g/mol. The van der Waals surface area contributed by atoms with Gasteiger partial charge in [0.15, 0.2) is 0 Å². The third-order valence-electron chi connectivity index (χ3n) is 4.80. The Hall–Kier alpha value is -0.650. The minimum absolute atomic E-state index is 0. The zero-order valence-electron chi connectivity index (χ0n) is 12.3. The number of piperidine rings is 1. The summed E-state index contributed by atoms with van der Waals surface area (Å²) >= 11 is 3.18. The summed E-state index contributed by atoms with van der Waals surface area (Å²) in [5.41, 5.74) is 1.31. The first-order valence-corrected chi connectivity index (χ1v) is 8.32. The number of carbonyl (C=O) groups excluding carboxylic acids is 1. The van der Waals surface area contributed by atoms with Crippen molar-refractivity contribution in [3.63, 3.8) is 0 Å². The Bertz CT molecular complexity index is 549. The SMILES string of the molecule is Cl.O=C(NCCc1ccc(F)c(Br)c1)C1CC12CCNCC2. The van der Waals surface area contributed by atoms with Crippen LogP contribution in [0.1, 0.15) is 24.8 Å². The lowest BCUT2D eigenvalue weighted by molar-refractivity contribution is -0.123. The number of rotatable bonds is 4. The summed E-state index contributed by atoms with van der Waals surface area (Å²) in [5, 5.41) is 6.38. The van der Waals surface area contributed by atoms with Crippen LogP contribution in [-0.2, 0) is 11.2 Å². The second-order valence-electron chi connectivity index (χ2n) is 6.16. The summed E-state index contributed by atoms with van der Waals surface area (Å²) in [6.07, 6.45) is 4.01. The standard InChI is InChI=1S/C16H20BrFN2O.ClH/c17-13-9-11(1-2-14(13)18)3-6-20-15(21)12-10-16(12)4-7-19-8-5-16;/h1-2,9,12,19H,3-8,10H2,(H,20,21);1H. The largest absolute Gasteiger partial charge is 0.356 e. The molecule has 2 fully saturated rings. The van der Waals surface area contributed by atoms with Crippen molar-refractivity contribution >= 4 is 34.2 Å². The molecule has 1 spiro atoms. The topological polar surface area (TPSA) is 41.1 Å². The lowest BCUT2D eigenvalue weighted by Crippen LogP contribution is -2.34. The molecule has 122 valence electrons. The Morgan fingerprint density at radius 1 is 1.41 bits per heavy atom. The summed E-state index contributed by atoms with van der Waals surface area (Å²) in [6, 6.07) is 4.98. The van der Waals surface area contributed by atoms with Gasteiger partial charge in [-0.25, -0.2) is 4.39 Å². The van der Waals surface area contributed by atoms with E-state index in [1.807, 2.05) is 0 Å². The Balaban J connectivity index is 0.00000176. The van der Waals surface area contributed by atoms with E-state index in [1.54, 1.807) is 12.1 Å². The van der Waals surface area contributed by atoms with Crippen LogP contribution in [0.15, 0.2) is 22.7 Å². The van der Waals surface area contributed by atoms with Gasteiger partial charge in [0.05, 0.1) is 4.47 Å². The van der Waals surface area contributed by atoms with Crippen molar-refractivity contribution in [1.82, 2.24) is 10.6 Å². The predicted octanol–water partition coefficient (Wildman–Crippen LogP) is 3.06. The van der Waals surface area contributed by atoms with Crippen LogP contribution < -0.4 is 10.6 Å². The maximum atomic E-state index is 13.1. The van der Waals surface area contributed by atoms with Crippen LogP contribution in [0.4, 0.5) is 4.39 Å². The molecule has 1 unspecified atom stereocenters. The van der Waals surface area contributed by atoms with Crippen LogP contribution >= 0.6 is 28.3 Å². The lowest BCUT2D eigenvalue weighted by Gasteiger charge is -2.23. The average Bonchev–Trinajstić information content (AvgIpc) is 3.17. The molecule has 1 heterocycles. The van der Waals surface area contributed by atoms with Crippen molar-refractivity contribution in [2.24, 2.45) is 11.3 Å². The minimum Gasteiger partial charge on any atom is -0.356 e. The molecule has 1 saturated carbocycles. The van der Waals surface area contributed by atoms with Gasteiger partial charge in [0.2, 0.25) is 5.91 Å². The van der Waals surface area contributed by atoms with E-state index in [4.69, 9.17) is 0 Å². The maximum Gasteiger partial charge on any atom is 0.223 e. The van der Waals surface area contributed by atoms with Gasteiger partial charge in [-0.2, -0.15) is 0 Å².